The van der Waals surface area contributed by atoms with Crippen molar-refractivity contribution in [3.63, 3.8) is 0 Å². The summed E-state index contributed by atoms with van der Waals surface area (Å²) in [5.41, 5.74) is 0. The Balaban J connectivity index is 2.49. The van der Waals surface area contributed by atoms with Crippen LogP contribution < -0.4 is 0 Å². The summed E-state index contributed by atoms with van der Waals surface area (Å²) >= 11 is 0. The molecule has 2 heteroatoms. The van der Waals surface area contributed by atoms with Gasteiger partial charge in [-0.3, -0.25) is 0 Å². The Morgan fingerprint density at radius 3 is 2.70 bits per heavy atom. The first-order chi connectivity index (χ1) is 4.75. The lowest BCUT2D eigenvalue weighted by Crippen LogP contribution is -2.33. The number of hydrogen-bond acceptors (Lipinski definition) is 2. The topological polar surface area (TPSA) is 6.48 Å². The van der Waals surface area contributed by atoms with Crippen LogP contribution in [0.15, 0.2) is 25.1 Å². The molecule has 56 valence electrons. The Labute approximate surface area is 62.4 Å². The minimum Gasteiger partial charge on any atom is -0.359 e. The summed E-state index contributed by atoms with van der Waals surface area (Å²) in [6, 6.07) is 0. The third kappa shape index (κ3) is 1.15. The maximum absolute atomic E-state index is 3.69. The molecule has 0 saturated heterocycles. The van der Waals surface area contributed by atoms with E-state index < -0.39 is 0 Å². The van der Waals surface area contributed by atoms with Crippen LogP contribution in [-0.4, -0.2) is 29.6 Å². The summed E-state index contributed by atoms with van der Waals surface area (Å²) in [7, 11) is 2.07. The average Bonchev–Trinajstić information content (AvgIpc) is 2.20. The monoisotopic (exact) mass is 138 g/mol. The van der Waals surface area contributed by atoms with Gasteiger partial charge in [0.2, 0.25) is 0 Å². The molecule has 0 spiro atoms. The van der Waals surface area contributed by atoms with Crippen LogP contribution in [0, 0.1) is 0 Å². The molecule has 1 atom stereocenters. The van der Waals surface area contributed by atoms with Crippen LogP contribution >= 0.6 is 0 Å². The molecule has 0 fully saturated rings. The average molecular weight is 138 g/mol. The van der Waals surface area contributed by atoms with E-state index in [1.807, 2.05) is 6.08 Å². The number of hydrogen-bond donors (Lipinski definition) is 0. The second-order valence-corrected chi connectivity index (χ2v) is 2.58. The molecule has 10 heavy (non-hydrogen) atoms. The summed E-state index contributed by atoms with van der Waals surface area (Å²) in [5.74, 6) is 0. The molecule has 1 unspecified atom stereocenters. The molecule has 2 nitrogen and oxygen atoms in total. The highest BCUT2D eigenvalue weighted by Crippen LogP contribution is 2.11. The molecule has 1 rings (SSSR count). The van der Waals surface area contributed by atoms with E-state index in [0.29, 0.717) is 6.17 Å². The lowest BCUT2D eigenvalue weighted by atomic mass is 10.4. The maximum atomic E-state index is 3.69. The fraction of sp³-hybridized carbons (Fsp3) is 0.500. The predicted octanol–water partition coefficient (Wildman–Crippen LogP) is 1.24. The van der Waals surface area contributed by atoms with Crippen molar-refractivity contribution in [2.45, 2.75) is 13.1 Å². The lowest BCUT2D eigenvalue weighted by Gasteiger charge is -2.25. The quantitative estimate of drug-likeness (QED) is 0.530. The minimum atomic E-state index is 0.484. The molecule has 0 N–H and O–H groups in total. The van der Waals surface area contributed by atoms with Gasteiger partial charge in [-0.25, -0.2) is 0 Å². The minimum absolute atomic E-state index is 0.484. The summed E-state index contributed by atoms with van der Waals surface area (Å²) in [5, 5.41) is 0. The molecule has 0 aromatic carbocycles. The van der Waals surface area contributed by atoms with E-state index >= 15 is 0 Å². The van der Waals surface area contributed by atoms with Crippen LogP contribution in [0.2, 0.25) is 0 Å². The number of nitrogens with zero attached hydrogens (tertiary/aromatic N) is 2. The zero-order chi connectivity index (χ0) is 7.56. The van der Waals surface area contributed by atoms with Crippen molar-refractivity contribution >= 4 is 0 Å². The van der Waals surface area contributed by atoms with Gasteiger partial charge in [0.1, 0.15) is 0 Å². The molecule has 0 aromatic heterocycles. The lowest BCUT2D eigenvalue weighted by molar-refractivity contribution is 0.210. The zero-order valence-corrected chi connectivity index (χ0v) is 6.62. The Bertz CT molecular complexity index is 151. The first-order valence-electron chi connectivity index (χ1n) is 3.52. The Kier molecular flexibility index (Phi) is 2.00. The van der Waals surface area contributed by atoms with Crippen LogP contribution in [-0.2, 0) is 0 Å². The molecule has 0 aromatic rings. The molecule has 0 bridgehead atoms. The van der Waals surface area contributed by atoms with Crippen LogP contribution in [0.5, 0.6) is 0 Å². The molecule has 1 aliphatic rings. The van der Waals surface area contributed by atoms with E-state index in [-0.39, 0.29) is 0 Å². The molecule has 1 heterocycles. The Hall–Kier alpha value is -0.920. The fourth-order valence-corrected chi connectivity index (χ4v) is 1.04. The molecule has 1 aliphatic heterocycles. The molecule has 0 saturated carbocycles. The van der Waals surface area contributed by atoms with Crippen molar-refractivity contribution in [3.8, 4) is 0 Å². The van der Waals surface area contributed by atoms with E-state index in [1.54, 1.807) is 0 Å². The van der Waals surface area contributed by atoms with Crippen LogP contribution in [0.1, 0.15) is 6.92 Å². The van der Waals surface area contributed by atoms with Gasteiger partial charge < -0.3 is 9.80 Å². The van der Waals surface area contributed by atoms with E-state index in [4.69, 9.17) is 0 Å². The molecular formula is C8H14N2. The molecule has 0 amide bonds. The van der Waals surface area contributed by atoms with Crippen LogP contribution in [0.4, 0.5) is 0 Å². The van der Waals surface area contributed by atoms with E-state index in [1.165, 1.54) is 0 Å². The van der Waals surface area contributed by atoms with E-state index in [0.717, 1.165) is 6.54 Å². The standard InChI is InChI=1S/C8H14N2/c1-4-5-10-7-6-9(3)8(10)2/h4,6-8H,1,5H2,2-3H3. The van der Waals surface area contributed by atoms with E-state index in [2.05, 4.69) is 42.8 Å². The highest BCUT2D eigenvalue weighted by molar-refractivity contribution is 4.95. The van der Waals surface area contributed by atoms with Gasteiger partial charge in [-0.2, -0.15) is 0 Å². The largest absolute Gasteiger partial charge is 0.359 e. The normalized spacial score (nSPS) is 24.0. The first kappa shape index (κ1) is 7.19. The summed E-state index contributed by atoms with van der Waals surface area (Å²) in [6.45, 7) is 6.79. The molecule has 0 aliphatic carbocycles. The Morgan fingerprint density at radius 2 is 2.30 bits per heavy atom. The van der Waals surface area contributed by atoms with Crippen molar-refractivity contribution in [1.29, 1.82) is 0 Å². The van der Waals surface area contributed by atoms with Gasteiger partial charge in [-0.15, -0.1) is 6.58 Å². The van der Waals surface area contributed by atoms with Crippen molar-refractivity contribution in [3.05, 3.63) is 25.1 Å². The van der Waals surface area contributed by atoms with Gasteiger partial charge >= 0.3 is 0 Å². The smallest absolute Gasteiger partial charge is 0.0978 e. The SMILES string of the molecule is C=CCN1C=CN(C)C1C. The molecular weight excluding hydrogens is 124 g/mol. The van der Waals surface area contributed by atoms with Gasteiger partial charge in [0.15, 0.2) is 0 Å². The number of rotatable bonds is 2. The highest BCUT2D eigenvalue weighted by atomic mass is 15.4. The third-order valence-electron chi connectivity index (χ3n) is 1.90. The van der Waals surface area contributed by atoms with Gasteiger partial charge in [0.25, 0.3) is 0 Å². The zero-order valence-electron chi connectivity index (χ0n) is 6.62. The van der Waals surface area contributed by atoms with Crippen LogP contribution in [0.25, 0.3) is 0 Å². The maximum Gasteiger partial charge on any atom is 0.0978 e. The first-order valence-corrected chi connectivity index (χ1v) is 3.52. The van der Waals surface area contributed by atoms with E-state index in [9.17, 15) is 0 Å². The van der Waals surface area contributed by atoms with Crippen molar-refractivity contribution < 1.29 is 0 Å². The second-order valence-electron chi connectivity index (χ2n) is 2.58. The third-order valence-corrected chi connectivity index (χ3v) is 1.90. The summed E-state index contributed by atoms with van der Waals surface area (Å²) in [4.78, 5) is 4.40. The summed E-state index contributed by atoms with van der Waals surface area (Å²) in [6.07, 6.45) is 6.57. The summed E-state index contributed by atoms with van der Waals surface area (Å²) < 4.78 is 0. The Morgan fingerprint density at radius 1 is 1.60 bits per heavy atom. The van der Waals surface area contributed by atoms with Gasteiger partial charge in [-0.1, -0.05) is 6.08 Å². The highest BCUT2D eigenvalue weighted by Gasteiger charge is 2.15. The fourth-order valence-electron chi connectivity index (χ4n) is 1.04. The van der Waals surface area contributed by atoms with Gasteiger partial charge in [-0.05, 0) is 6.92 Å². The molecule has 0 radical (unpaired) electrons. The van der Waals surface area contributed by atoms with Crippen molar-refractivity contribution in [2.75, 3.05) is 13.6 Å². The predicted molar refractivity (Wildman–Crippen MR) is 43.3 cm³/mol. The van der Waals surface area contributed by atoms with Gasteiger partial charge in [0, 0.05) is 26.0 Å². The van der Waals surface area contributed by atoms with Gasteiger partial charge in [0.05, 0.1) is 6.17 Å². The van der Waals surface area contributed by atoms with Crippen molar-refractivity contribution in [2.24, 2.45) is 0 Å². The van der Waals surface area contributed by atoms with Crippen LogP contribution in [0.3, 0.4) is 0 Å². The van der Waals surface area contributed by atoms with Crippen molar-refractivity contribution in [1.82, 2.24) is 9.80 Å². The second kappa shape index (κ2) is 2.78.